The molecule has 0 saturated carbocycles. The lowest BCUT2D eigenvalue weighted by Crippen LogP contribution is -1.87. The molecule has 0 unspecified atom stereocenters. The van der Waals surface area contributed by atoms with Gasteiger partial charge in [0.2, 0.25) is 0 Å². The van der Waals surface area contributed by atoms with Gasteiger partial charge in [0, 0.05) is 10.6 Å². The van der Waals surface area contributed by atoms with Gasteiger partial charge in [-0.2, -0.15) is 0 Å². The van der Waals surface area contributed by atoms with Gasteiger partial charge in [0.25, 0.3) is 0 Å². The van der Waals surface area contributed by atoms with Crippen LogP contribution < -0.4 is 0 Å². The Bertz CT molecular complexity index is 570. The van der Waals surface area contributed by atoms with Crippen molar-refractivity contribution in [3.05, 3.63) is 71.0 Å². The second-order valence-electron chi connectivity index (χ2n) is 4.43. The lowest BCUT2D eigenvalue weighted by atomic mass is 10.0. The summed E-state index contributed by atoms with van der Waals surface area (Å²) in [5.41, 5.74) is 2.73. The molecule has 2 heteroatoms. The fraction of sp³-hybridized carbons (Fsp3) is 0.176. The van der Waals surface area contributed by atoms with Crippen LogP contribution in [0.5, 0.6) is 0 Å². The van der Waals surface area contributed by atoms with Crippen molar-refractivity contribution in [2.24, 2.45) is 0 Å². The van der Waals surface area contributed by atoms with Crippen molar-refractivity contribution >= 4 is 11.6 Å². The summed E-state index contributed by atoms with van der Waals surface area (Å²) in [6, 6.07) is 12.8. The molecule has 0 N–H and O–H groups in total. The second kappa shape index (κ2) is 6.53. The van der Waals surface area contributed by atoms with Gasteiger partial charge in [-0.1, -0.05) is 48.0 Å². The summed E-state index contributed by atoms with van der Waals surface area (Å²) >= 11 is 5.75. The quantitative estimate of drug-likeness (QED) is 0.632. The van der Waals surface area contributed by atoms with Crippen molar-refractivity contribution in [2.75, 3.05) is 0 Å². The first kappa shape index (κ1) is 13.8. The zero-order valence-corrected chi connectivity index (χ0v) is 11.6. The molecule has 0 fully saturated rings. The Balaban J connectivity index is 2.17. The average molecular weight is 275 g/mol. The molecule has 0 aliphatic heterocycles. The third-order valence-electron chi connectivity index (χ3n) is 3.03. The van der Waals surface area contributed by atoms with E-state index in [0.717, 1.165) is 18.4 Å². The van der Waals surface area contributed by atoms with Crippen molar-refractivity contribution in [1.29, 1.82) is 0 Å². The Morgan fingerprint density at radius 2 is 1.84 bits per heavy atom. The average Bonchev–Trinajstić information content (AvgIpc) is 2.40. The number of hydrogen-bond acceptors (Lipinski definition) is 0. The molecule has 0 atom stereocenters. The minimum atomic E-state index is -0.283. The summed E-state index contributed by atoms with van der Waals surface area (Å²) in [6.45, 7) is 2.02. The van der Waals surface area contributed by atoms with Crippen molar-refractivity contribution in [3.63, 3.8) is 0 Å². The zero-order chi connectivity index (χ0) is 13.7. The molecule has 0 heterocycles. The molecule has 0 aliphatic rings. The molecule has 0 amide bonds. The van der Waals surface area contributed by atoms with Crippen LogP contribution in [0.15, 0.2) is 54.6 Å². The molecule has 19 heavy (non-hydrogen) atoms. The molecule has 0 nitrogen and oxygen atoms in total. The molecule has 0 saturated heterocycles. The Hall–Kier alpha value is -1.60. The maximum absolute atomic E-state index is 13.8. The van der Waals surface area contributed by atoms with Gasteiger partial charge in [0.05, 0.1) is 0 Å². The van der Waals surface area contributed by atoms with Crippen LogP contribution in [-0.4, -0.2) is 0 Å². The monoisotopic (exact) mass is 274 g/mol. The Labute approximate surface area is 118 Å². The van der Waals surface area contributed by atoms with Crippen molar-refractivity contribution in [2.45, 2.75) is 19.8 Å². The maximum Gasteiger partial charge on any atom is 0.132 e. The predicted molar refractivity (Wildman–Crippen MR) is 80.0 cm³/mol. The van der Waals surface area contributed by atoms with E-state index in [1.54, 1.807) is 12.1 Å². The number of benzene rings is 2. The van der Waals surface area contributed by atoms with Crippen molar-refractivity contribution < 1.29 is 4.39 Å². The summed E-state index contributed by atoms with van der Waals surface area (Å²) in [5.74, 6) is -0.283. The maximum atomic E-state index is 13.8. The van der Waals surface area contributed by atoms with Crippen LogP contribution in [-0.2, 0) is 6.42 Å². The lowest BCUT2D eigenvalue weighted by Gasteiger charge is -2.05. The van der Waals surface area contributed by atoms with Crippen LogP contribution >= 0.6 is 11.6 Å². The summed E-state index contributed by atoms with van der Waals surface area (Å²) in [4.78, 5) is 0. The Kier molecular flexibility index (Phi) is 4.75. The largest absolute Gasteiger partial charge is 0.206 e. The van der Waals surface area contributed by atoms with E-state index in [2.05, 4.69) is 12.2 Å². The molecular formula is C17H16ClF. The number of hydrogen-bond donors (Lipinski definition) is 0. The molecule has 0 aromatic heterocycles. The van der Waals surface area contributed by atoms with Gasteiger partial charge < -0.3 is 0 Å². The highest BCUT2D eigenvalue weighted by molar-refractivity contribution is 6.30. The smallest absolute Gasteiger partial charge is 0.132 e. The Morgan fingerprint density at radius 3 is 2.47 bits per heavy atom. The number of aryl methyl sites for hydroxylation is 1. The van der Waals surface area contributed by atoms with E-state index in [-0.39, 0.29) is 5.82 Å². The van der Waals surface area contributed by atoms with E-state index in [9.17, 15) is 4.39 Å². The highest BCUT2D eigenvalue weighted by atomic mass is 35.5. The van der Waals surface area contributed by atoms with E-state index in [1.807, 2.05) is 31.2 Å². The van der Waals surface area contributed by atoms with Gasteiger partial charge in [-0.05, 0) is 49.1 Å². The number of halogens is 2. The molecule has 0 bridgehead atoms. The predicted octanol–water partition coefficient (Wildman–Crippen LogP) is 5.65. The summed E-state index contributed by atoms with van der Waals surface area (Å²) in [6.07, 6.45) is 6.24. The first-order valence-electron chi connectivity index (χ1n) is 6.36. The molecule has 2 rings (SSSR count). The minimum absolute atomic E-state index is 0.283. The highest BCUT2D eigenvalue weighted by Crippen LogP contribution is 2.25. The van der Waals surface area contributed by atoms with E-state index in [1.165, 1.54) is 11.6 Å². The van der Waals surface area contributed by atoms with Crippen molar-refractivity contribution in [3.8, 4) is 11.1 Å². The molecular weight excluding hydrogens is 259 g/mol. The van der Waals surface area contributed by atoms with Crippen LogP contribution in [0, 0.1) is 5.82 Å². The first-order chi connectivity index (χ1) is 9.20. The number of allylic oxidation sites excluding steroid dienone is 2. The fourth-order valence-electron chi connectivity index (χ4n) is 1.99. The normalized spacial score (nSPS) is 11.1. The van der Waals surface area contributed by atoms with Gasteiger partial charge in [-0.25, -0.2) is 4.39 Å². The van der Waals surface area contributed by atoms with Gasteiger partial charge in [-0.15, -0.1) is 0 Å². The van der Waals surface area contributed by atoms with Gasteiger partial charge in [0.1, 0.15) is 5.82 Å². The molecule has 98 valence electrons. The summed E-state index contributed by atoms with van der Waals surface area (Å²) in [7, 11) is 0. The Morgan fingerprint density at radius 1 is 1.11 bits per heavy atom. The molecule has 0 spiro atoms. The minimum Gasteiger partial charge on any atom is -0.206 e. The second-order valence-corrected chi connectivity index (χ2v) is 4.87. The third-order valence-corrected chi connectivity index (χ3v) is 3.27. The third kappa shape index (κ3) is 3.68. The van der Waals surface area contributed by atoms with Gasteiger partial charge in [-0.3, -0.25) is 0 Å². The fourth-order valence-corrected chi connectivity index (χ4v) is 2.15. The van der Waals surface area contributed by atoms with E-state index in [4.69, 9.17) is 11.6 Å². The molecule has 0 aliphatic carbocycles. The van der Waals surface area contributed by atoms with Crippen LogP contribution in [0.4, 0.5) is 4.39 Å². The van der Waals surface area contributed by atoms with E-state index < -0.39 is 0 Å². The van der Waals surface area contributed by atoms with Crippen LogP contribution in [0.2, 0.25) is 5.02 Å². The first-order valence-corrected chi connectivity index (χ1v) is 6.74. The molecule has 2 aromatic rings. The SMILES string of the molecule is CC=CCCc1ccc(-c2ccc(Cl)cc2F)cc1. The van der Waals surface area contributed by atoms with E-state index >= 15 is 0 Å². The van der Waals surface area contributed by atoms with Crippen LogP contribution in [0.25, 0.3) is 11.1 Å². The van der Waals surface area contributed by atoms with Crippen molar-refractivity contribution in [1.82, 2.24) is 0 Å². The zero-order valence-electron chi connectivity index (χ0n) is 10.9. The highest BCUT2D eigenvalue weighted by Gasteiger charge is 2.05. The molecule has 2 aromatic carbocycles. The van der Waals surface area contributed by atoms with E-state index in [0.29, 0.717) is 10.6 Å². The van der Waals surface area contributed by atoms with Gasteiger partial charge in [0.15, 0.2) is 0 Å². The van der Waals surface area contributed by atoms with Crippen LogP contribution in [0.3, 0.4) is 0 Å². The summed E-state index contributed by atoms with van der Waals surface area (Å²) < 4.78 is 13.8. The lowest BCUT2D eigenvalue weighted by molar-refractivity contribution is 0.631. The van der Waals surface area contributed by atoms with Gasteiger partial charge >= 0.3 is 0 Å². The summed E-state index contributed by atoms with van der Waals surface area (Å²) in [5, 5.41) is 0.421. The molecule has 0 radical (unpaired) electrons. The topological polar surface area (TPSA) is 0 Å². The number of rotatable bonds is 4. The van der Waals surface area contributed by atoms with Crippen LogP contribution in [0.1, 0.15) is 18.9 Å². The standard InChI is InChI=1S/C17H16ClF/c1-2-3-4-5-13-6-8-14(9-7-13)16-11-10-15(18)12-17(16)19/h2-3,6-12H,4-5H2,1H3.